The van der Waals surface area contributed by atoms with Crippen LogP contribution in [0.4, 0.5) is 10.1 Å². The largest absolute Gasteiger partial charge is 0.394 e. The summed E-state index contributed by atoms with van der Waals surface area (Å²) in [6.07, 6.45) is 0.648. The Bertz CT molecular complexity index is 765. The molecule has 0 spiro atoms. The van der Waals surface area contributed by atoms with Crippen LogP contribution in [0.5, 0.6) is 0 Å². The summed E-state index contributed by atoms with van der Waals surface area (Å²) in [6, 6.07) is 12.7. The van der Waals surface area contributed by atoms with E-state index >= 15 is 0 Å². The molecule has 0 radical (unpaired) electrons. The number of nitrogens with one attached hydrogen (secondary N) is 2. The van der Waals surface area contributed by atoms with Crippen LogP contribution < -0.4 is 10.6 Å². The summed E-state index contributed by atoms with van der Waals surface area (Å²) < 4.78 is 13.7. The molecule has 5 nitrogen and oxygen atoms in total. The molecule has 1 unspecified atom stereocenters. The van der Waals surface area contributed by atoms with Crippen LogP contribution in [0, 0.1) is 17.1 Å². The van der Waals surface area contributed by atoms with Crippen LogP contribution in [0.2, 0.25) is 0 Å². The fourth-order valence-corrected chi connectivity index (χ4v) is 2.26. The van der Waals surface area contributed by atoms with Gasteiger partial charge in [-0.25, -0.2) is 4.39 Å². The average molecular weight is 341 g/mol. The van der Waals surface area contributed by atoms with Crippen LogP contribution in [-0.4, -0.2) is 23.7 Å². The average Bonchev–Trinajstić information content (AvgIpc) is 2.65. The monoisotopic (exact) mass is 341 g/mol. The van der Waals surface area contributed by atoms with Gasteiger partial charge in [-0.05, 0) is 48.9 Å². The number of nitrogens with zero attached hydrogens (tertiary/aromatic N) is 1. The van der Waals surface area contributed by atoms with Crippen molar-refractivity contribution < 1.29 is 14.3 Å². The molecular formula is C19H20FN3O2. The number of anilines is 1. The normalized spacial score (nSPS) is 11.4. The summed E-state index contributed by atoms with van der Waals surface area (Å²) >= 11 is 0. The number of hydrogen-bond donors (Lipinski definition) is 3. The van der Waals surface area contributed by atoms with Crippen molar-refractivity contribution in [3.8, 4) is 6.07 Å². The smallest absolute Gasteiger partial charge is 0.251 e. The Morgan fingerprint density at radius 1 is 1.28 bits per heavy atom. The minimum absolute atomic E-state index is 0.102. The van der Waals surface area contributed by atoms with E-state index in [2.05, 4.69) is 10.6 Å². The molecule has 2 aromatic carbocycles. The third kappa shape index (κ3) is 5.03. The van der Waals surface area contributed by atoms with Crippen LogP contribution in [0.1, 0.15) is 34.8 Å². The number of amides is 1. The predicted molar refractivity (Wildman–Crippen MR) is 93.5 cm³/mol. The maximum Gasteiger partial charge on any atom is 0.251 e. The molecule has 0 aliphatic rings. The van der Waals surface area contributed by atoms with Gasteiger partial charge in [0.05, 0.1) is 24.3 Å². The molecule has 0 aromatic heterocycles. The number of rotatable bonds is 7. The van der Waals surface area contributed by atoms with Gasteiger partial charge in [0, 0.05) is 23.4 Å². The lowest BCUT2D eigenvalue weighted by molar-refractivity contribution is 0.0915. The first-order valence-corrected chi connectivity index (χ1v) is 8.01. The van der Waals surface area contributed by atoms with E-state index in [1.807, 2.05) is 13.0 Å². The summed E-state index contributed by atoms with van der Waals surface area (Å²) in [7, 11) is 0. The maximum atomic E-state index is 13.7. The Balaban J connectivity index is 1.99. The van der Waals surface area contributed by atoms with E-state index < -0.39 is 0 Å². The molecule has 1 amide bonds. The minimum atomic E-state index is -0.378. The molecular weight excluding hydrogens is 321 g/mol. The number of hydrogen-bond acceptors (Lipinski definition) is 4. The van der Waals surface area contributed by atoms with Gasteiger partial charge in [0.15, 0.2) is 0 Å². The molecule has 0 heterocycles. The van der Waals surface area contributed by atoms with E-state index in [0.29, 0.717) is 23.1 Å². The molecule has 0 aliphatic carbocycles. The highest BCUT2D eigenvalue weighted by Crippen LogP contribution is 2.15. The molecule has 0 fully saturated rings. The highest BCUT2D eigenvalue weighted by atomic mass is 19.1. The van der Waals surface area contributed by atoms with E-state index in [9.17, 15) is 9.18 Å². The van der Waals surface area contributed by atoms with E-state index in [0.717, 1.165) is 5.69 Å². The van der Waals surface area contributed by atoms with Gasteiger partial charge in [-0.15, -0.1) is 0 Å². The van der Waals surface area contributed by atoms with Crippen molar-refractivity contribution >= 4 is 11.6 Å². The molecule has 0 aliphatic heterocycles. The Kier molecular flexibility index (Phi) is 6.49. The third-order valence-electron chi connectivity index (χ3n) is 3.85. The molecule has 2 rings (SSSR count). The second kappa shape index (κ2) is 8.81. The van der Waals surface area contributed by atoms with Crippen LogP contribution in [-0.2, 0) is 6.54 Å². The third-order valence-corrected chi connectivity index (χ3v) is 3.85. The lowest BCUT2D eigenvalue weighted by Crippen LogP contribution is -2.36. The summed E-state index contributed by atoms with van der Waals surface area (Å²) in [5, 5.41) is 23.8. The molecule has 25 heavy (non-hydrogen) atoms. The van der Waals surface area contributed by atoms with Gasteiger partial charge >= 0.3 is 0 Å². The molecule has 0 saturated heterocycles. The minimum Gasteiger partial charge on any atom is -0.394 e. The summed E-state index contributed by atoms with van der Waals surface area (Å²) in [5.74, 6) is -0.627. The first kappa shape index (κ1) is 18.4. The second-order valence-electron chi connectivity index (χ2n) is 5.61. The predicted octanol–water partition coefficient (Wildman–Crippen LogP) is 2.81. The number of benzene rings is 2. The zero-order chi connectivity index (χ0) is 18.2. The number of aliphatic hydroxyl groups excluding tert-OH is 1. The number of halogens is 1. The SMILES string of the molecule is CCC(CO)NC(=O)c1ccc(NCc2cc(C#N)ccc2F)cc1. The zero-order valence-electron chi connectivity index (χ0n) is 13.9. The van der Waals surface area contributed by atoms with Gasteiger partial charge in [0.1, 0.15) is 5.82 Å². The molecule has 3 N–H and O–H groups in total. The van der Waals surface area contributed by atoms with Gasteiger partial charge in [-0.1, -0.05) is 6.92 Å². The van der Waals surface area contributed by atoms with Gasteiger partial charge < -0.3 is 15.7 Å². The van der Waals surface area contributed by atoms with E-state index in [1.54, 1.807) is 24.3 Å². The fraction of sp³-hybridized carbons (Fsp3) is 0.263. The molecule has 130 valence electrons. The summed E-state index contributed by atoms with van der Waals surface area (Å²) in [6.45, 7) is 2.01. The summed E-state index contributed by atoms with van der Waals surface area (Å²) in [4.78, 5) is 12.1. The Hall–Kier alpha value is -2.91. The number of nitriles is 1. The van der Waals surface area contributed by atoms with Crippen molar-refractivity contribution in [1.29, 1.82) is 5.26 Å². The quantitative estimate of drug-likeness (QED) is 0.723. The molecule has 0 saturated carbocycles. The van der Waals surface area contributed by atoms with E-state index in [4.69, 9.17) is 10.4 Å². The van der Waals surface area contributed by atoms with Crippen molar-refractivity contribution in [3.63, 3.8) is 0 Å². The fourth-order valence-electron chi connectivity index (χ4n) is 2.26. The van der Waals surface area contributed by atoms with Crippen molar-refractivity contribution in [3.05, 3.63) is 65.0 Å². The highest BCUT2D eigenvalue weighted by molar-refractivity contribution is 5.94. The van der Waals surface area contributed by atoms with Gasteiger partial charge in [0.2, 0.25) is 0 Å². The number of carbonyl (C=O) groups excluding carboxylic acids is 1. The summed E-state index contributed by atoms with van der Waals surface area (Å²) in [5.41, 5.74) is 2.01. The Labute approximate surface area is 146 Å². The van der Waals surface area contributed by atoms with Crippen LogP contribution in [0.3, 0.4) is 0 Å². The second-order valence-corrected chi connectivity index (χ2v) is 5.61. The molecule has 6 heteroatoms. The Morgan fingerprint density at radius 3 is 2.60 bits per heavy atom. The lowest BCUT2D eigenvalue weighted by atomic mass is 10.1. The van der Waals surface area contributed by atoms with Crippen molar-refractivity contribution in [1.82, 2.24) is 5.32 Å². The zero-order valence-corrected chi connectivity index (χ0v) is 13.9. The number of carbonyl (C=O) groups is 1. The topological polar surface area (TPSA) is 85.2 Å². The van der Waals surface area contributed by atoms with Crippen LogP contribution in [0.15, 0.2) is 42.5 Å². The molecule has 1 atom stereocenters. The van der Waals surface area contributed by atoms with Crippen molar-refractivity contribution in [2.75, 3.05) is 11.9 Å². The van der Waals surface area contributed by atoms with Gasteiger partial charge in [-0.3, -0.25) is 4.79 Å². The van der Waals surface area contributed by atoms with E-state index in [1.165, 1.54) is 18.2 Å². The number of aliphatic hydroxyl groups is 1. The van der Waals surface area contributed by atoms with Crippen molar-refractivity contribution in [2.24, 2.45) is 0 Å². The van der Waals surface area contributed by atoms with Crippen LogP contribution in [0.25, 0.3) is 0 Å². The van der Waals surface area contributed by atoms with Crippen LogP contribution >= 0.6 is 0 Å². The molecule has 2 aromatic rings. The van der Waals surface area contributed by atoms with Gasteiger partial charge in [0.25, 0.3) is 5.91 Å². The highest BCUT2D eigenvalue weighted by Gasteiger charge is 2.11. The van der Waals surface area contributed by atoms with Gasteiger partial charge in [-0.2, -0.15) is 5.26 Å². The lowest BCUT2D eigenvalue weighted by Gasteiger charge is -2.14. The van der Waals surface area contributed by atoms with Crippen molar-refractivity contribution in [2.45, 2.75) is 25.9 Å². The first-order valence-electron chi connectivity index (χ1n) is 8.01. The van der Waals surface area contributed by atoms with E-state index in [-0.39, 0.29) is 30.9 Å². The first-order chi connectivity index (χ1) is 12.1. The maximum absolute atomic E-state index is 13.7. The Morgan fingerprint density at radius 2 is 2.00 bits per heavy atom. The molecule has 0 bridgehead atoms. The standard InChI is InChI=1S/C19H20FN3O2/c1-2-16(12-24)23-19(25)14-4-6-17(7-5-14)22-11-15-9-13(10-21)3-8-18(15)20/h3-9,16,22,24H,2,11-12H2,1H3,(H,23,25).